The summed E-state index contributed by atoms with van der Waals surface area (Å²) < 4.78 is 18.3. The normalized spacial score (nSPS) is 12.1. The molecule has 0 bridgehead atoms. The van der Waals surface area contributed by atoms with Crippen LogP contribution in [0.4, 0.5) is 4.39 Å². The number of aromatic nitrogens is 2. The third kappa shape index (κ3) is 6.99. The zero-order chi connectivity index (χ0) is 22.8. The van der Waals surface area contributed by atoms with Crippen LogP contribution in [-0.2, 0) is 17.6 Å². The number of carbonyl (C=O) groups is 1. The lowest BCUT2D eigenvalue weighted by Crippen LogP contribution is -2.45. The third-order valence-corrected chi connectivity index (χ3v) is 5.54. The van der Waals surface area contributed by atoms with Gasteiger partial charge in [-0.1, -0.05) is 49.3 Å². The van der Waals surface area contributed by atoms with E-state index < -0.39 is 0 Å². The zero-order valence-electron chi connectivity index (χ0n) is 18.8. The van der Waals surface area contributed by atoms with Crippen LogP contribution >= 0.6 is 0 Å². The van der Waals surface area contributed by atoms with Crippen molar-refractivity contribution in [3.63, 3.8) is 0 Å². The minimum atomic E-state index is -0.310. The second kappa shape index (κ2) is 12.1. The molecule has 1 aromatic heterocycles. The number of benzene rings is 2. The number of amides is 1. The summed E-state index contributed by atoms with van der Waals surface area (Å²) in [5, 5.41) is 7.03. The summed E-state index contributed by atoms with van der Waals surface area (Å²) in [4.78, 5) is 19.1. The second-order valence-corrected chi connectivity index (χ2v) is 7.74. The first-order chi connectivity index (χ1) is 15.6. The van der Waals surface area contributed by atoms with Crippen molar-refractivity contribution in [3.05, 3.63) is 71.9 Å². The van der Waals surface area contributed by atoms with Gasteiger partial charge in [-0.3, -0.25) is 9.69 Å². The Morgan fingerprint density at radius 2 is 1.81 bits per heavy atom. The van der Waals surface area contributed by atoms with Crippen LogP contribution in [0.15, 0.2) is 59.1 Å². The lowest BCUT2D eigenvalue weighted by atomic mass is 10.0. The minimum absolute atomic E-state index is 0.0218. The van der Waals surface area contributed by atoms with Crippen LogP contribution in [0.25, 0.3) is 11.4 Å². The molecule has 0 spiro atoms. The summed E-state index contributed by atoms with van der Waals surface area (Å²) in [6.07, 6.45) is 2.43. The van der Waals surface area contributed by atoms with Gasteiger partial charge in [-0.15, -0.1) is 0 Å². The van der Waals surface area contributed by atoms with Crippen molar-refractivity contribution in [1.29, 1.82) is 0 Å². The molecule has 0 saturated carbocycles. The Hall–Kier alpha value is -3.06. The second-order valence-electron chi connectivity index (χ2n) is 7.74. The Kier molecular flexibility index (Phi) is 8.92. The molecule has 170 valence electrons. The molecule has 0 fully saturated rings. The Morgan fingerprint density at radius 1 is 1.09 bits per heavy atom. The SMILES string of the molecule is CCN(CC)C(CNC(=O)CCCc1nc(-c2ccc(F)cc2)no1)Cc1ccccc1. The molecule has 1 unspecified atom stereocenters. The van der Waals surface area contributed by atoms with Gasteiger partial charge in [-0.25, -0.2) is 4.39 Å². The first-order valence-electron chi connectivity index (χ1n) is 11.2. The van der Waals surface area contributed by atoms with Gasteiger partial charge in [0.2, 0.25) is 17.6 Å². The Morgan fingerprint density at radius 3 is 2.50 bits per heavy atom. The van der Waals surface area contributed by atoms with Crippen LogP contribution in [-0.4, -0.2) is 46.6 Å². The van der Waals surface area contributed by atoms with E-state index in [1.807, 2.05) is 18.2 Å². The van der Waals surface area contributed by atoms with Gasteiger partial charge < -0.3 is 9.84 Å². The molecular formula is C25H31FN4O2. The number of halogens is 1. The quantitative estimate of drug-likeness (QED) is 0.457. The largest absolute Gasteiger partial charge is 0.355 e. The number of rotatable bonds is 12. The fraction of sp³-hybridized carbons (Fsp3) is 0.400. The number of nitrogens with zero attached hydrogens (tertiary/aromatic N) is 3. The number of carbonyl (C=O) groups excluding carboxylic acids is 1. The molecule has 1 heterocycles. The van der Waals surface area contributed by atoms with Gasteiger partial charge in [0, 0.05) is 31.0 Å². The van der Waals surface area contributed by atoms with Crippen LogP contribution < -0.4 is 5.32 Å². The highest BCUT2D eigenvalue weighted by molar-refractivity contribution is 5.75. The highest BCUT2D eigenvalue weighted by Gasteiger charge is 2.17. The van der Waals surface area contributed by atoms with Crippen molar-refractivity contribution >= 4 is 5.91 Å². The summed E-state index contributed by atoms with van der Waals surface area (Å²) in [6, 6.07) is 16.6. The molecular weight excluding hydrogens is 407 g/mol. The van der Waals surface area contributed by atoms with E-state index in [0.717, 1.165) is 19.5 Å². The Labute approximate surface area is 188 Å². The Bertz CT molecular complexity index is 956. The summed E-state index contributed by atoms with van der Waals surface area (Å²) in [5.41, 5.74) is 1.96. The molecule has 1 N–H and O–H groups in total. The van der Waals surface area contributed by atoms with Gasteiger partial charge in [0.05, 0.1) is 0 Å². The van der Waals surface area contributed by atoms with E-state index in [9.17, 15) is 9.18 Å². The molecule has 3 aromatic rings. The van der Waals surface area contributed by atoms with Crippen molar-refractivity contribution in [2.24, 2.45) is 0 Å². The molecule has 7 heteroatoms. The van der Waals surface area contributed by atoms with E-state index >= 15 is 0 Å². The van der Waals surface area contributed by atoms with Crippen LogP contribution in [0.5, 0.6) is 0 Å². The van der Waals surface area contributed by atoms with Gasteiger partial charge >= 0.3 is 0 Å². The van der Waals surface area contributed by atoms with Crippen molar-refractivity contribution < 1.29 is 13.7 Å². The van der Waals surface area contributed by atoms with Crippen LogP contribution in [0, 0.1) is 5.82 Å². The molecule has 2 aromatic carbocycles. The van der Waals surface area contributed by atoms with Crippen molar-refractivity contribution in [3.8, 4) is 11.4 Å². The highest BCUT2D eigenvalue weighted by Crippen LogP contribution is 2.17. The predicted molar refractivity (Wildman–Crippen MR) is 122 cm³/mol. The van der Waals surface area contributed by atoms with E-state index in [4.69, 9.17) is 4.52 Å². The summed E-state index contributed by atoms with van der Waals surface area (Å²) in [7, 11) is 0. The van der Waals surface area contributed by atoms with E-state index in [-0.39, 0.29) is 17.8 Å². The summed E-state index contributed by atoms with van der Waals surface area (Å²) >= 11 is 0. The molecule has 3 rings (SSSR count). The van der Waals surface area contributed by atoms with Gasteiger partial charge in [-0.05, 0) is 55.8 Å². The molecule has 0 aliphatic carbocycles. The number of likely N-dealkylation sites (N-methyl/N-ethyl adjacent to an activating group) is 1. The van der Waals surface area contributed by atoms with Gasteiger partial charge in [-0.2, -0.15) is 4.98 Å². The van der Waals surface area contributed by atoms with Crippen LogP contribution in [0.3, 0.4) is 0 Å². The lowest BCUT2D eigenvalue weighted by Gasteiger charge is -2.30. The highest BCUT2D eigenvalue weighted by atomic mass is 19.1. The number of nitrogens with one attached hydrogen (secondary N) is 1. The molecule has 0 radical (unpaired) electrons. The number of aryl methyl sites for hydroxylation is 1. The van der Waals surface area contributed by atoms with Gasteiger partial charge in [0.1, 0.15) is 5.82 Å². The molecule has 0 aliphatic rings. The molecule has 0 aliphatic heterocycles. The maximum absolute atomic E-state index is 13.1. The van der Waals surface area contributed by atoms with E-state index in [0.29, 0.717) is 43.1 Å². The molecule has 1 atom stereocenters. The maximum atomic E-state index is 13.1. The van der Waals surface area contributed by atoms with E-state index in [1.165, 1.54) is 17.7 Å². The van der Waals surface area contributed by atoms with Gasteiger partial charge in [0.15, 0.2) is 0 Å². The predicted octanol–water partition coefficient (Wildman–Crippen LogP) is 4.27. The first kappa shape index (κ1) is 23.6. The van der Waals surface area contributed by atoms with E-state index in [2.05, 4.69) is 46.3 Å². The lowest BCUT2D eigenvalue weighted by molar-refractivity contribution is -0.121. The zero-order valence-corrected chi connectivity index (χ0v) is 18.8. The molecule has 0 saturated heterocycles. The van der Waals surface area contributed by atoms with Crippen LogP contribution in [0.2, 0.25) is 0 Å². The first-order valence-corrected chi connectivity index (χ1v) is 11.2. The molecule has 32 heavy (non-hydrogen) atoms. The van der Waals surface area contributed by atoms with Gasteiger partial charge in [0.25, 0.3) is 0 Å². The average molecular weight is 439 g/mol. The van der Waals surface area contributed by atoms with Crippen LogP contribution in [0.1, 0.15) is 38.1 Å². The standard InChI is InChI=1S/C25H31FN4O2/c1-3-30(4-2)22(17-19-9-6-5-7-10-19)18-27-23(31)11-8-12-24-28-25(29-32-24)20-13-15-21(26)16-14-20/h5-7,9-10,13-16,22H,3-4,8,11-12,17-18H2,1-2H3,(H,27,31). The smallest absolute Gasteiger partial charge is 0.226 e. The molecule has 6 nitrogen and oxygen atoms in total. The minimum Gasteiger partial charge on any atom is -0.355 e. The van der Waals surface area contributed by atoms with Crippen molar-refractivity contribution in [2.45, 2.75) is 45.6 Å². The monoisotopic (exact) mass is 438 g/mol. The molecule has 1 amide bonds. The number of hydrogen-bond donors (Lipinski definition) is 1. The van der Waals surface area contributed by atoms with Crippen molar-refractivity contribution in [1.82, 2.24) is 20.4 Å². The summed E-state index contributed by atoms with van der Waals surface area (Å²) in [6.45, 7) is 6.79. The number of hydrogen-bond acceptors (Lipinski definition) is 5. The average Bonchev–Trinajstić information content (AvgIpc) is 3.28. The van der Waals surface area contributed by atoms with E-state index in [1.54, 1.807) is 12.1 Å². The maximum Gasteiger partial charge on any atom is 0.226 e. The fourth-order valence-electron chi connectivity index (χ4n) is 3.75. The summed E-state index contributed by atoms with van der Waals surface area (Å²) in [5.74, 6) is 0.610. The topological polar surface area (TPSA) is 71.3 Å². The fourth-order valence-corrected chi connectivity index (χ4v) is 3.75. The third-order valence-electron chi connectivity index (χ3n) is 5.54. The van der Waals surface area contributed by atoms with Crippen molar-refractivity contribution in [2.75, 3.05) is 19.6 Å². The Balaban J connectivity index is 1.45.